The molecule has 1 fully saturated rings. The van der Waals surface area contributed by atoms with E-state index in [2.05, 4.69) is 0 Å². The van der Waals surface area contributed by atoms with Crippen LogP contribution in [0.4, 0.5) is 0 Å². The van der Waals surface area contributed by atoms with Crippen molar-refractivity contribution in [3.8, 4) is 5.69 Å². The maximum atomic E-state index is 12.7. The molecule has 0 aliphatic carbocycles. The molecule has 0 atom stereocenters. The van der Waals surface area contributed by atoms with E-state index in [1.54, 1.807) is 4.90 Å². The predicted molar refractivity (Wildman–Crippen MR) is 103 cm³/mol. The van der Waals surface area contributed by atoms with Crippen molar-refractivity contribution >= 4 is 23.4 Å². The van der Waals surface area contributed by atoms with Crippen LogP contribution >= 0.6 is 11.6 Å². The molecule has 0 bridgehead atoms. The molecule has 0 spiro atoms. The Morgan fingerprint density at radius 2 is 1.50 bits per heavy atom. The summed E-state index contributed by atoms with van der Waals surface area (Å²) < 4.78 is 2.00. The molecule has 1 aliphatic heterocycles. The Morgan fingerprint density at radius 3 is 2.04 bits per heavy atom. The minimum absolute atomic E-state index is 0.00718. The first-order valence-electron chi connectivity index (χ1n) is 8.80. The van der Waals surface area contributed by atoms with Gasteiger partial charge < -0.3 is 14.4 Å². The highest BCUT2D eigenvalue weighted by atomic mass is 35.5. The fourth-order valence-corrected chi connectivity index (χ4v) is 3.18. The molecular weight excluding hydrogens is 350 g/mol. The molecule has 0 N–H and O–H groups in total. The average molecular weight is 374 g/mol. The number of piperazine rings is 1. The summed E-state index contributed by atoms with van der Waals surface area (Å²) in [5, 5.41) is 0. The number of carbonyl (C=O) groups excluding carboxylic acids is 2. The Morgan fingerprint density at radius 1 is 0.962 bits per heavy atom. The van der Waals surface area contributed by atoms with E-state index >= 15 is 0 Å². The van der Waals surface area contributed by atoms with E-state index in [1.807, 2.05) is 72.1 Å². The van der Waals surface area contributed by atoms with Gasteiger partial charge in [-0.2, -0.15) is 0 Å². The highest BCUT2D eigenvalue weighted by Gasteiger charge is 2.33. The van der Waals surface area contributed by atoms with Gasteiger partial charge in [-0.05, 0) is 50.2 Å². The normalized spacial score (nSPS) is 15.2. The molecule has 1 aliphatic rings. The van der Waals surface area contributed by atoms with E-state index in [9.17, 15) is 9.59 Å². The zero-order valence-corrected chi connectivity index (χ0v) is 15.9. The first-order valence-corrected chi connectivity index (χ1v) is 9.34. The molecule has 6 heteroatoms. The average Bonchev–Trinajstić information content (AvgIpc) is 3.22. The van der Waals surface area contributed by atoms with Gasteiger partial charge in [-0.1, -0.05) is 0 Å². The maximum absolute atomic E-state index is 12.7. The summed E-state index contributed by atoms with van der Waals surface area (Å²) in [5.41, 5.74) is 1.12. The van der Waals surface area contributed by atoms with Crippen molar-refractivity contribution < 1.29 is 9.59 Å². The van der Waals surface area contributed by atoms with Gasteiger partial charge in [0.25, 0.3) is 5.91 Å². The minimum Gasteiger partial charge on any atom is -0.339 e. The molecule has 2 amide bonds. The second-order valence-corrected chi connectivity index (χ2v) is 7.51. The molecule has 0 saturated carbocycles. The molecule has 3 rings (SSSR count). The van der Waals surface area contributed by atoms with Crippen molar-refractivity contribution in [1.82, 2.24) is 14.4 Å². The van der Waals surface area contributed by atoms with Crippen LogP contribution in [0.1, 0.15) is 24.2 Å². The van der Waals surface area contributed by atoms with E-state index in [0.29, 0.717) is 37.6 Å². The zero-order chi connectivity index (χ0) is 18.7. The Kier molecular flexibility index (Phi) is 5.37. The van der Waals surface area contributed by atoms with Crippen LogP contribution in [0.3, 0.4) is 0 Å². The third-order valence-corrected chi connectivity index (χ3v) is 5.45. The highest BCUT2D eigenvalue weighted by Crippen LogP contribution is 2.22. The number of hydrogen-bond acceptors (Lipinski definition) is 2. The summed E-state index contributed by atoms with van der Waals surface area (Å²) in [6, 6.07) is 11.5. The van der Waals surface area contributed by atoms with Crippen LogP contribution in [0, 0.1) is 5.41 Å². The topological polar surface area (TPSA) is 45.6 Å². The number of amides is 2. The zero-order valence-electron chi connectivity index (χ0n) is 15.2. The van der Waals surface area contributed by atoms with E-state index in [1.165, 1.54) is 0 Å². The smallest absolute Gasteiger partial charge is 0.253 e. The van der Waals surface area contributed by atoms with Crippen molar-refractivity contribution in [3.05, 3.63) is 54.4 Å². The summed E-state index contributed by atoms with van der Waals surface area (Å²) in [6.07, 6.45) is 3.94. The van der Waals surface area contributed by atoms with E-state index < -0.39 is 5.41 Å². The Bertz CT molecular complexity index is 761. The van der Waals surface area contributed by atoms with Gasteiger partial charge in [-0.3, -0.25) is 9.59 Å². The monoisotopic (exact) mass is 373 g/mol. The SMILES string of the molecule is CC(C)(CCl)C(=O)N1CCN(C(=O)c2ccc(-n3cccc3)cc2)CC1. The van der Waals surface area contributed by atoms with Gasteiger partial charge in [0, 0.05) is 55.7 Å². The van der Waals surface area contributed by atoms with Crippen LogP contribution in [0.15, 0.2) is 48.8 Å². The number of aromatic nitrogens is 1. The van der Waals surface area contributed by atoms with Crippen LogP contribution in [-0.2, 0) is 4.79 Å². The number of hydrogen-bond donors (Lipinski definition) is 0. The first-order chi connectivity index (χ1) is 12.4. The first kappa shape index (κ1) is 18.5. The quantitative estimate of drug-likeness (QED) is 0.773. The van der Waals surface area contributed by atoms with Crippen LogP contribution in [-0.4, -0.2) is 58.2 Å². The largest absolute Gasteiger partial charge is 0.339 e. The lowest BCUT2D eigenvalue weighted by Gasteiger charge is -2.38. The Hall–Kier alpha value is -2.27. The molecule has 138 valence electrons. The van der Waals surface area contributed by atoms with Crippen LogP contribution in [0.25, 0.3) is 5.69 Å². The van der Waals surface area contributed by atoms with Gasteiger partial charge in [-0.25, -0.2) is 0 Å². The highest BCUT2D eigenvalue weighted by molar-refractivity contribution is 6.19. The standard InChI is InChI=1S/C20H24ClN3O2/c1-20(2,15-21)19(26)24-13-11-23(12-14-24)18(25)16-5-7-17(8-6-16)22-9-3-4-10-22/h3-10H,11-15H2,1-2H3. The molecule has 2 aromatic rings. The molecule has 5 nitrogen and oxygen atoms in total. The summed E-state index contributed by atoms with van der Waals surface area (Å²) in [5.74, 6) is 0.349. The van der Waals surface area contributed by atoms with Gasteiger partial charge in [0.05, 0.1) is 5.41 Å². The molecular formula is C20H24ClN3O2. The van der Waals surface area contributed by atoms with Crippen LogP contribution in [0.5, 0.6) is 0 Å². The molecule has 1 aromatic heterocycles. The molecule has 1 saturated heterocycles. The Labute approximate surface area is 159 Å². The number of rotatable bonds is 4. The van der Waals surface area contributed by atoms with Crippen LogP contribution < -0.4 is 0 Å². The van der Waals surface area contributed by atoms with Gasteiger partial charge in [0.15, 0.2) is 0 Å². The van der Waals surface area contributed by atoms with E-state index in [0.717, 1.165) is 5.69 Å². The maximum Gasteiger partial charge on any atom is 0.253 e. The summed E-state index contributed by atoms with van der Waals surface area (Å²) >= 11 is 5.90. The van der Waals surface area contributed by atoms with E-state index in [-0.39, 0.29) is 11.8 Å². The minimum atomic E-state index is -0.567. The number of halogens is 1. The van der Waals surface area contributed by atoms with Gasteiger partial charge >= 0.3 is 0 Å². The number of carbonyl (C=O) groups is 2. The van der Waals surface area contributed by atoms with Gasteiger partial charge in [0.1, 0.15) is 0 Å². The lowest BCUT2D eigenvalue weighted by molar-refractivity contribution is -0.140. The molecule has 0 unspecified atom stereocenters. The van der Waals surface area contributed by atoms with Crippen molar-refractivity contribution in [2.75, 3.05) is 32.1 Å². The van der Waals surface area contributed by atoms with E-state index in [4.69, 9.17) is 11.6 Å². The lowest BCUT2D eigenvalue weighted by Crippen LogP contribution is -2.53. The third kappa shape index (κ3) is 3.78. The van der Waals surface area contributed by atoms with Crippen molar-refractivity contribution in [3.63, 3.8) is 0 Å². The molecule has 0 radical (unpaired) electrons. The van der Waals surface area contributed by atoms with Crippen molar-refractivity contribution in [2.24, 2.45) is 5.41 Å². The molecule has 26 heavy (non-hydrogen) atoms. The number of alkyl halides is 1. The van der Waals surface area contributed by atoms with Crippen molar-refractivity contribution in [2.45, 2.75) is 13.8 Å². The molecule has 1 aromatic carbocycles. The summed E-state index contributed by atoms with van der Waals surface area (Å²) in [6.45, 7) is 5.89. The summed E-state index contributed by atoms with van der Waals surface area (Å²) in [7, 11) is 0. The third-order valence-electron chi connectivity index (χ3n) is 4.78. The van der Waals surface area contributed by atoms with Gasteiger partial charge in [-0.15, -0.1) is 11.6 Å². The molecule has 2 heterocycles. The summed E-state index contributed by atoms with van der Waals surface area (Å²) in [4.78, 5) is 28.8. The predicted octanol–water partition coefficient (Wildman–Crippen LogP) is 3.03. The number of benzene rings is 1. The van der Waals surface area contributed by atoms with Gasteiger partial charge in [0.2, 0.25) is 5.91 Å². The second kappa shape index (κ2) is 7.54. The fraction of sp³-hybridized carbons (Fsp3) is 0.400. The lowest BCUT2D eigenvalue weighted by atomic mass is 9.94. The Balaban J connectivity index is 1.61. The van der Waals surface area contributed by atoms with Crippen LogP contribution in [0.2, 0.25) is 0 Å². The fourth-order valence-electron chi connectivity index (χ4n) is 3.06. The second-order valence-electron chi connectivity index (χ2n) is 7.24. The van der Waals surface area contributed by atoms with Crippen molar-refractivity contribution in [1.29, 1.82) is 0 Å². The number of nitrogens with zero attached hydrogens (tertiary/aromatic N) is 3.